The second-order valence-electron chi connectivity index (χ2n) is 8.02. The third kappa shape index (κ3) is 11.6. The van der Waals surface area contributed by atoms with Gasteiger partial charge in [-0.3, -0.25) is 0 Å². The Kier molecular flexibility index (Phi) is 8.78. The molecule has 0 bridgehead atoms. The van der Waals surface area contributed by atoms with Gasteiger partial charge < -0.3 is 4.74 Å². The van der Waals surface area contributed by atoms with Crippen LogP contribution in [-0.2, 0) is 4.74 Å². The summed E-state index contributed by atoms with van der Waals surface area (Å²) in [7, 11) is -1.27. The molecule has 0 aliphatic rings. The van der Waals surface area contributed by atoms with E-state index >= 15 is 0 Å². The fourth-order valence-electron chi connectivity index (χ4n) is 1.92. The van der Waals surface area contributed by atoms with Crippen LogP contribution >= 0.6 is 0 Å². The van der Waals surface area contributed by atoms with Crippen molar-refractivity contribution in [2.24, 2.45) is 11.8 Å². The molecule has 20 heavy (non-hydrogen) atoms. The highest BCUT2D eigenvalue weighted by molar-refractivity contribution is 6.83. The summed E-state index contributed by atoms with van der Waals surface area (Å²) in [5.41, 5.74) is 3.51. The van der Waals surface area contributed by atoms with Crippen molar-refractivity contribution in [3.05, 3.63) is 0 Å². The van der Waals surface area contributed by atoms with Gasteiger partial charge in [0.15, 0.2) is 0 Å². The number of ether oxygens (including phenoxy) is 1. The van der Waals surface area contributed by atoms with Gasteiger partial charge in [0.2, 0.25) is 0 Å². The molecule has 0 unspecified atom stereocenters. The maximum atomic E-state index is 5.95. The highest BCUT2D eigenvalue weighted by atomic mass is 28.3. The predicted octanol–water partition coefficient (Wildman–Crippen LogP) is 5.51. The molecule has 2 atom stereocenters. The summed E-state index contributed by atoms with van der Waals surface area (Å²) in [4.78, 5) is 0. The molecule has 0 saturated carbocycles. The van der Waals surface area contributed by atoms with Crippen molar-refractivity contribution >= 4 is 8.07 Å². The van der Waals surface area contributed by atoms with E-state index in [2.05, 4.69) is 65.7 Å². The van der Waals surface area contributed by atoms with E-state index in [1.54, 1.807) is 0 Å². The smallest absolute Gasteiger partial charge is 0.129 e. The minimum atomic E-state index is -1.27. The maximum absolute atomic E-state index is 5.95. The van der Waals surface area contributed by atoms with Gasteiger partial charge in [0.1, 0.15) is 8.07 Å². The topological polar surface area (TPSA) is 9.23 Å². The fraction of sp³-hybridized carbons (Fsp3) is 0.889. The lowest BCUT2D eigenvalue weighted by molar-refractivity contribution is -0.0255. The lowest BCUT2D eigenvalue weighted by Gasteiger charge is -2.25. The summed E-state index contributed by atoms with van der Waals surface area (Å²) in [5, 5.41) is 0. The van der Waals surface area contributed by atoms with Crippen molar-refractivity contribution in [3.63, 3.8) is 0 Å². The van der Waals surface area contributed by atoms with Crippen molar-refractivity contribution < 1.29 is 4.74 Å². The lowest BCUT2D eigenvalue weighted by Crippen LogP contribution is -2.26. The van der Waals surface area contributed by atoms with Gasteiger partial charge >= 0.3 is 0 Å². The molecule has 0 N–H and O–H groups in total. The Balaban J connectivity index is 4.60. The summed E-state index contributed by atoms with van der Waals surface area (Å²) in [6, 6.07) is 0. The van der Waals surface area contributed by atoms with Gasteiger partial charge in [-0.1, -0.05) is 52.8 Å². The summed E-state index contributed by atoms with van der Waals surface area (Å²) >= 11 is 0. The minimum Gasteiger partial charge on any atom is -0.376 e. The van der Waals surface area contributed by atoms with Crippen LogP contribution in [0.1, 0.15) is 60.3 Å². The van der Waals surface area contributed by atoms with Crippen LogP contribution in [0.4, 0.5) is 0 Å². The van der Waals surface area contributed by atoms with E-state index in [9.17, 15) is 0 Å². The molecule has 0 fully saturated rings. The Hall–Kier alpha value is -0.263. The van der Waals surface area contributed by atoms with Crippen LogP contribution in [0.5, 0.6) is 0 Å². The first-order valence-electron chi connectivity index (χ1n) is 8.22. The van der Waals surface area contributed by atoms with Crippen LogP contribution in [0.25, 0.3) is 0 Å². The molecule has 0 saturated heterocycles. The van der Waals surface area contributed by atoms with Crippen molar-refractivity contribution in [1.29, 1.82) is 0 Å². The van der Waals surface area contributed by atoms with Crippen LogP contribution in [-0.4, -0.2) is 20.3 Å². The fourth-order valence-corrected chi connectivity index (χ4v) is 2.54. The Morgan fingerprint density at radius 2 is 1.70 bits per heavy atom. The molecular formula is C18H36OSi. The van der Waals surface area contributed by atoms with Crippen LogP contribution < -0.4 is 0 Å². The molecule has 0 aromatic rings. The van der Waals surface area contributed by atoms with Gasteiger partial charge in [0.05, 0.1) is 12.2 Å². The first kappa shape index (κ1) is 19.7. The highest BCUT2D eigenvalue weighted by Crippen LogP contribution is 2.21. The maximum Gasteiger partial charge on any atom is 0.129 e. The largest absolute Gasteiger partial charge is 0.376 e. The first-order valence-corrected chi connectivity index (χ1v) is 11.7. The molecule has 0 aliphatic carbocycles. The van der Waals surface area contributed by atoms with Crippen LogP contribution in [0, 0.1) is 23.3 Å². The van der Waals surface area contributed by atoms with E-state index in [0.717, 1.165) is 6.61 Å². The van der Waals surface area contributed by atoms with Crippen molar-refractivity contribution in [1.82, 2.24) is 0 Å². The van der Waals surface area contributed by atoms with Gasteiger partial charge in [-0.25, -0.2) is 0 Å². The zero-order valence-electron chi connectivity index (χ0n) is 15.1. The molecule has 118 valence electrons. The number of rotatable bonds is 7. The van der Waals surface area contributed by atoms with Crippen LogP contribution in [0.15, 0.2) is 0 Å². The zero-order valence-corrected chi connectivity index (χ0v) is 16.1. The van der Waals surface area contributed by atoms with Crippen molar-refractivity contribution in [2.45, 2.75) is 85.5 Å². The Morgan fingerprint density at radius 1 is 1.10 bits per heavy atom. The molecule has 0 rings (SSSR count). The summed E-state index contributed by atoms with van der Waals surface area (Å²) in [6.07, 6.45) is 5.11. The normalized spacial score (nSPS) is 15.4. The average molecular weight is 297 g/mol. The number of hydrogen-bond acceptors (Lipinski definition) is 1. The van der Waals surface area contributed by atoms with Gasteiger partial charge in [-0.15, -0.1) is 11.5 Å². The number of unbranched alkanes of at least 4 members (excludes halogenated alkanes) is 2. The molecular weight excluding hydrogens is 260 g/mol. The van der Waals surface area contributed by atoms with E-state index < -0.39 is 8.07 Å². The first-order chi connectivity index (χ1) is 9.05. The van der Waals surface area contributed by atoms with E-state index in [1.807, 2.05) is 0 Å². The van der Waals surface area contributed by atoms with E-state index in [0.29, 0.717) is 11.8 Å². The molecule has 1 nitrogen and oxygen atoms in total. The van der Waals surface area contributed by atoms with Gasteiger partial charge in [0.25, 0.3) is 0 Å². The lowest BCUT2D eigenvalue weighted by atomic mass is 9.90. The monoisotopic (exact) mass is 296 g/mol. The second kappa shape index (κ2) is 8.90. The van der Waals surface area contributed by atoms with Gasteiger partial charge in [0, 0.05) is 5.92 Å². The quantitative estimate of drug-likeness (QED) is 0.342. The number of hydrogen-bond donors (Lipinski definition) is 0. The summed E-state index contributed by atoms with van der Waals surface area (Å²) in [5.74, 6) is 4.61. The molecule has 0 aliphatic heterocycles. The third-order valence-electron chi connectivity index (χ3n) is 3.22. The highest BCUT2D eigenvalue weighted by Gasteiger charge is 2.19. The zero-order chi connectivity index (χ0) is 15.8. The van der Waals surface area contributed by atoms with Crippen molar-refractivity contribution in [3.8, 4) is 11.5 Å². The second-order valence-corrected chi connectivity index (χ2v) is 12.8. The standard InChI is InChI=1S/C18H36OSi/c1-9-10-11-12-17(13-14-20(6,7)8)16(2)15-19-18(3,4)5/h16-17H,9-12,15H2,1-8H3/t16-,17+/m0/s1. The molecule has 0 aromatic heterocycles. The molecule has 2 heteroatoms. The van der Waals surface area contributed by atoms with Gasteiger partial charge in [-0.05, 0) is 33.1 Å². The minimum absolute atomic E-state index is 0.0472. The van der Waals surface area contributed by atoms with E-state index in [4.69, 9.17) is 4.74 Å². The molecule has 0 amide bonds. The Morgan fingerprint density at radius 3 is 2.15 bits per heavy atom. The Labute approximate surface area is 128 Å². The molecule has 0 radical (unpaired) electrons. The van der Waals surface area contributed by atoms with Gasteiger partial charge in [-0.2, -0.15) is 0 Å². The molecule has 0 heterocycles. The Bertz CT molecular complexity index is 311. The SMILES string of the molecule is CCCCC[C@H](C#C[Si](C)(C)C)[C@@H](C)COC(C)(C)C. The predicted molar refractivity (Wildman–Crippen MR) is 93.6 cm³/mol. The van der Waals surface area contributed by atoms with Crippen LogP contribution in [0.2, 0.25) is 19.6 Å². The average Bonchev–Trinajstić information content (AvgIpc) is 2.28. The van der Waals surface area contributed by atoms with Crippen molar-refractivity contribution in [2.75, 3.05) is 6.61 Å². The summed E-state index contributed by atoms with van der Waals surface area (Å²) < 4.78 is 5.95. The molecule has 0 aromatic carbocycles. The van der Waals surface area contributed by atoms with Crippen LogP contribution in [0.3, 0.4) is 0 Å². The molecule has 0 spiro atoms. The third-order valence-corrected chi connectivity index (χ3v) is 4.11. The van der Waals surface area contributed by atoms with E-state index in [1.165, 1.54) is 25.7 Å². The summed E-state index contributed by atoms with van der Waals surface area (Å²) in [6.45, 7) is 18.7. The van der Waals surface area contributed by atoms with E-state index in [-0.39, 0.29) is 5.60 Å².